The van der Waals surface area contributed by atoms with E-state index in [4.69, 9.17) is 0 Å². The van der Waals surface area contributed by atoms with Crippen LogP contribution < -0.4 is 0 Å². The summed E-state index contributed by atoms with van der Waals surface area (Å²) in [5.41, 5.74) is 1.20. The lowest BCUT2D eigenvalue weighted by molar-refractivity contribution is 0.728. The van der Waals surface area contributed by atoms with Crippen molar-refractivity contribution in [1.29, 1.82) is 0 Å². The lowest BCUT2D eigenvalue weighted by Crippen LogP contribution is -1.82. The van der Waals surface area contributed by atoms with Gasteiger partial charge in [-0.15, -0.1) is 0 Å². The van der Waals surface area contributed by atoms with Crippen molar-refractivity contribution in [3.8, 4) is 0 Å². The van der Waals surface area contributed by atoms with Gasteiger partial charge in [-0.2, -0.15) is 0 Å². The lowest BCUT2D eigenvalue weighted by Gasteiger charge is -2.05. The molecule has 105 valence electrons. The first-order valence-corrected chi connectivity index (χ1v) is 7.88. The van der Waals surface area contributed by atoms with Gasteiger partial charge in [0.1, 0.15) is 0 Å². The van der Waals surface area contributed by atoms with Crippen molar-refractivity contribution in [2.45, 2.75) is 32.6 Å². The molecule has 0 N–H and O–H groups in total. The van der Waals surface area contributed by atoms with E-state index >= 15 is 0 Å². The summed E-state index contributed by atoms with van der Waals surface area (Å²) in [6.07, 6.45) is 10.6. The third-order valence-electron chi connectivity index (χ3n) is 3.96. The van der Waals surface area contributed by atoms with Crippen molar-refractivity contribution in [2.75, 3.05) is 0 Å². The number of allylic oxidation sites excluding steroid dienone is 1. The smallest absolute Gasteiger partial charge is 0.00989 e. The molecule has 0 aliphatic carbocycles. The van der Waals surface area contributed by atoms with Crippen molar-refractivity contribution in [3.05, 3.63) is 72.3 Å². The quantitative estimate of drug-likeness (QED) is 0.379. The maximum absolute atomic E-state index is 3.49. The van der Waals surface area contributed by atoms with Crippen LogP contribution >= 0.6 is 0 Å². The SMILES string of the molecule is CCCCC/C=[C]\c1cccc2cc3ccccc3cc12. The fourth-order valence-corrected chi connectivity index (χ4v) is 2.77. The van der Waals surface area contributed by atoms with Crippen LogP contribution in [0.4, 0.5) is 0 Å². The van der Waals surface area contributed by atoms with E-state index in [1.165, 1.54) is 46.4 Å². The molecule has 0 aliphatic rings. The summed E-state index contributed by atoms with van der Waals surface area (Å²) >= 11 is 0. The van der Waals surface area contributed by atoms with Crippen molar-refractivity contribution in [1.82, 2.24) is 0 Å². The fourth-order valence-electron chi connectivity index (χ4n) is 2.77. The lowest BCUT2D eigenvalue weighted by atomic mass is 9.99. The van der Waals surface area contributed by atoms with Gasteiger partial charge in [0.25, 0.3) is 0 Å². The molecule has 0 saturated carbocycles. The van der Waals surface area contributed by atoms with Gasteiger partial charge in [0.2, 0.25) is 0 Å². The fraction of sp³-hybridized carbons (Fsp3) is 0.238. The molecule has 0 heterocycles. The van der Waals surface area contributed by atoms with Crippen LogP contribution in [0.5, 0.6) is 0 Å². The molecule has 0 atom stereocenters. The van der Waals surface area contributed by atoms with E-state index in [9.17, 15) is 0 Å². The average Bonchev–Trinajstić information content (AvgIpc) is 2.53. The summed E-state index contributed by atoms with van der Waals surface area (Å²) in [6, 6.07) is 19.6. The molecular formula is C21H21. The molecule has 0 spiro atoms. The first-order valence-electron chi connectivity index (χ1n) is 7.88. The van der Waals surface area contributed by atoms with E-state index in [2.05, 4.69) is 73.7 Å². The summed E-state index contributed by atoms with van der Waals surface area (Å²) in [4.78, 5) is 0. The first-order chi connectivity index (χ1) is 10.4. The van der Waals surface area contributed by atoms with Crippen LogP contribution in [0, 0.1) is 6.08 Å². The Balaban J connectivity index is 1.96. The number of hydrogen-bond donors (Lipinski definition) is 0. The normalized spacial score (nSPS) is 11.7. The zero-order valence-corrected chi connectivity index (χ0v) is 12.6. The van der Waals surface area contributed by atoms with Crippen molar-refractivity contribution in [2.24, 2.45) is 0 Å². The Hall–Kier alpha value is -2.08. The monoisotopic (exact) mass is 273 g/mol. The molecule has 3 aromatic carbocycles. The molecule has 0 saturated heterocycles. The molecule has 0 fully saturated rings. The summed E-state index contributed by atoms with van der Waals surface area (Å²) in [7, 11) is 0. The first kappa shape index (κ1) is 13.9. The Bertz CT molecular complexity index is 765. The van der Waals surface area contributed by atoms with Crippen LogP contribution in [0.1, 0.15) is 38.2 Å². The molecule has 1 radical (unpaired) electrons. The average molecular weight is 273 g/mol. The van der Waals surface area contributed by atoms with Gasteiger partial charge in [0.15, 0.2) is 0 Å². The second-order valence-corrected chi connectivity index (χ2v) is 5.57. The molecule has 0 unspecified atom stereocenters. The Morgan fingerprint density at radius 3 is 2.43 bits per heavy atom. The maximum Gasteiger partial charge on any atom is -0.00989 e. The van der Waals surface area contributed by atoms with E-state index in [-0.39, 0.29) is 0 Å². The van der Waals surface area contributed by atoms with Gasteiger partial charge < -0.3 is 0 Å². The molecule has 0 nitrogen and oxygen atoms in total. The van der Waals surface area contributed by atoms with Crippen LogP contribution in [0.25, 0.3) is 21.5 Å². The van der Waals surface area contributed by atoms with E-state index in [1.807, 2.05) is 0 Å². The predicted molar refractivity (Wildman–Crippen MR) is 92.5 cm³/mol. The molecule has 0 aromatic heterocycles. The molecule has 0 heteroatoms. The van der Waals surface area contributed by atoms with Crippen molar-refractivity contribution >= 4 is 21.5 Å². The molecule has 0 amide bonds. The third kappa shape index (κ3) is 3.16. The van der Waals surface area contributed by atoms with Gasteiger partial charge >= 0.3 is 0 Å². The minimum Gasteiger partial charge on any atom is -0.0760 e. The number of unbranched alkanes of at least 4 members (excludes halogenated alkanes) is 3. The largest absolute Gasteiger partial charge is 0.0760 e. The minimum absolute atomic E-state index is 1.12. The highest BCUT2D eigenvalue weighted by molar-refractivity contribution is 5.99. The van der Waals surface area contributed by atoms with Gasteiger partial charge in [-0.25, -0.2) is 0 Å². The zero-order chi connectivity index (χ0) is 14.5. The van der Waals surface area contributed by atoms with E-state index in [0.717, 1.165) is 6.42 Å². The summed E-state index contributed by atoms with van der Waals surface area (Å²) in [6.45, 7) is 2.24. The Kier molecular flexibility index (Phi) is 4.35. The van der Waals surface area contributed by atoms with Gasteiger partial charge in [-0.3, -0.25) is 0 Å². The Morgan fingerprint density at radius 2 is 1.62 bits per heavy atom. The van der Waals surface area contributed by atoms with E-state index < -0.39 is 0 Å². The van der Waals surface area contributed by atoms with Crippen LogP contribution in [-0.4, -0.2) is 0 Å². The molecule has 3 rings (SSSR count). The van der Waals surface area contributed by atoms with Crippen LogP contribution in [0.2, 0.25) is 0 Å². The van der Waals surface area contributed by atoms with Crippen molar-refractivity contribution in [3.63, 3.8) is 0 Å². The van der Waals surface area contributed by atoms with Crippen molar-refractivity contribution < 1.29 is 0 Å². The van der Waals surface area contributed by atoms with Gasteiger partial charge in [0.05, 0.1) is 0 Å². The van der Waals surface area contributed by atoms with Gasteiger partial charge in [-0.1, -0.05) is 68.3 Å². The van der Waals surface area contributed by atoms with Gasteiger partial charge in [0, 0.05) is 0 Å². The Morgan fingerprint density at radius 1 is 0.857 bits per heavy atom. The number of benzene rings is 3. The van der Waals surface area contributed by atoms with E-state index in [0.29, 0.717) is 0 Å². The standard InChI is InChI=1S/C21H21/c1-2-3-4-5-6-10-17-13-9-14-20-15-18-11-7-8-12-19(18)16-21(17)20/h6-9,11-16H,2-5H2,1H3. The third-order valence-corrected chi connectivity index (χ3v) is 3.96. The van der Waals surface area contributed by atoms with Crippen LogP contribution in [-0.2, 0) is 0 Å². The van der Waals surface area contributed by atoms with Gasteiger partial charge in [-0.05, 0) is 58.2 Å². The second kappa shape index (κ2) is 6.58. The summed E-state index contributed by atoms with van der Waals surface area (Å²) < 4.78 is 0. The summed E-state index contributed by atoms with van der Waals surface area (Å²) in [5.74, 6) is 0. The van der Waals surface area contributed by atoms with E-state index in [1.54, 1.807) is 0 Å². The molecule has 0 bridgehead atoms. The number of rotatable bonds is 5. The molecule has 3 aromatic rings. The second-order valence-electron chi connectivity index (χ2n) is 5.57. The highest BCUT2D eigenvalue weighted by Gasteiger charge is 2.01. The highest BCUT2D eigenvalue weighted by Crippen LogP contribution is 2.25. The molecule has 0 aliphatic heterocycles. The molecular weight excluding hydrogens is 252 g/mol. The molecule has 21 heavy (non-hydrogen) atoms. The number of fused-ring (bicyclic) bond motifs is 2. The highest BCUT2D eigenvalue weighted by atomic mass is 14.0. The summed E-state index contributed by atoms with van der Waals surface area (Å²) in [5, 5.41) is 5.18. The predicted octanol–water partition coefficient (Wildman–Crippen LogP) is 6.28. The Labute approximate surface area is 127 Å². The number of hydrogen-bond acceptors (Lipinski definition) is 0. The topological polar surface area (TPSA) is 0 Å². The maximum atomic E-state index is 3.49. The van der Waals surface area contributed by atoms with Crippen LogP contribution in [0.15, 0.2) is 60.7 Å². The minimum atomic E-state index is 1.12. The zero-order valence-electron chi connectivity index (χ0n) is 12.6. The van der Waals surface area contributed by atoms with Crippen LogP contribution in [0.3, 0.4) is 0 Å².